The Kier molecular flexibility index (Phi) is 3.71. The second kappa shape index (κ2) is 5.66. The van der Waals surface area contributed by atoms with Gasteiger partial charge in [0, 0.05) is 0 Å². The van der Waals surface area contributed by atoms with Gasteiger partial charge in [-0.25, -0.2) is 0 Å². The maximum absolute atomic E-state index is 8.53. The predicted octanol–water partition coefficient (Wildman–Crippen LogP) is 3.58. The van der Waals surface area contributed by atoms with Gasteiger partial charge in [0.05, 0.1) is 6.21 Å². The molecular formula is C15H13NO. The summed E-state index contributed by atoms with van der Waals surface area (Å²) in [5.41, 5.74) is 3.22. The summed E-state index contributed by atoms with van der Waals surface area (Å²) in [5, 5.41) is 11.6. The highest BCUT2D eigenvalue weighted by molar-refractivity contribution is 5.91. The highest BCUT2D eigenvalue weighted by Gasteiger charge is 2.02. The molecule has 0 aliphatic heterocycles. The molecule has 0 aliphatic carbocycles. The molecule has 2 aromatic carbocycles. The van der Waals surface area contributed by atoms with E-state index in [1.807, 2.05) is 60.7 Å². The first-order valence-corrected chi connectivity index (χ1v) is 5.40. The molecule has 0 saturated carbocycles. The number of rotatable bonds is 3. The summed E-state index contributed by atoms with van der Waals surface area (Å²) < 4.78 is 0. The van der Waals surface area contributed by atoms with E-state index in [4.69, 9.17) is 5.21 Å². The van der Waals surface area contributed by atoms with Crippen molar-refractivity contribution in [3.05, 3.63) is 77.9 Å². The zero-order valence-corrected chi connectivity index (χ0v) is 9.32. The Bertz CT molecular complexity index is 474. The lowest BCUT2D eigenvalue weighted by Crippen LogP contribution is -1.88. The van der Waals surface area contributed by atoms with Gasteiger partial charge in [-0.2, -0.15) is 0 Å². The van der Waals surface area contributed by atoms with Crippen LogP contribution < -0.4 is 0 Å². The third kappa shape index (κ3) is 2.82. The molecule has 0 amide bonds. The predicted molar refractivity (Wildman–Crippen MR) is 70.2 cm³/mol. The maximum atomic E-state index is 8.53. The molecule has 2 rings (SSSR count). The first kappa shape index (κ1) is 11.1. The molecule has 0 atom stereocenters. The number of nitrogens with zero attached hydrogens (tertiary/aromatic N) is 1. The number of allylic oxidation sites excluding steroid dienone is 1. The van der Waals surface area contributed by atoms with Crippen molar-refractivity contribution in [3.63, 3.8) is 0 Å². The molecule has 2 heteroatoms. The van der Waals surface area contributed by atoms with Gasteiger partial charge in [-0.1, -0.05) is 65.8 Å². The second-order valence-electron chi connectivity index (χ2n) is 3.58. The lowest BCUT2D eigenvalue weighted by molar-refractivity contribution is 0.322. The Hall–Kier alpha value is -2.35. The first-order chi connectivity index (χ1) is 8.42. The molecule has 2 aromatic rings. The molecule has 0 saturated heterocycles. The first-order valence-electron chi connectivity index (χ1n) is 5.40. The van der Waals surface area contributed by atoms with Gasteiger partial charge in [0.1, 0.15) is 0 Å². The van der Waals surface area contributed by atoms with Crippen LogP contribution in [0.25, 0.3) is 5.57 Å². The topological polar surface area (TPSA) is 32.6 Å². The van der Waals surface area contributed by atoms with Crippen LogP contribution in [0.2, 0.25) is 0 Å². The van der Waals surface area contributed by atoms with E-state index < -0.39 is 0 Å². The standard InChI is InChI=1S/C15H13NO/c17-16-12-11-15(13-7-3-1-4-8-13)14-9-5-2-6-10-14/h1-12,17H. The number of hydrogen-bond acceptors (Lipinski definition) is 2. The van der Waals surface area contributed by atoms with Gasteiger partial charge in [-0.15, -0.1) is 0 Å². The molecule has 17 heavy (non-hydrogen) atoms. The third-order valence-corrected chi connectivity index (χ3v) is 2.48. The Balaban J connectivity index is 2.47. The van der Waals surface area contributed by atoms with E-state index >= 15 is 0 Å². The summed E-state index contributed by atoms with van der Waals surface area (Å²) in [6, 6.07) is 20.0. The SMILES string of the molecule is ON=CC=C(c1ccccc1)c1ccccc1. The summed E-state index contributed by atoms with van der Waals surface area (Å²) >= 11 is 0. The molecule has 0 bridgehead atoms. The van der Waals surface area contributed by atoms with E-state index in [0.29, 0.717) is 0 Å². The largest absolute Gasteiger partial charge is 0.411 e. The minimum Gasteiger partial charge on any atom is -0.411 e. The number of hydrogen-bond donors (Lipinski definition) is 1. The smallest absolute Gasteiger partial charge is 0.0667 e. The highest BCUT2D eigenvalue weighted by atomic mass is 16.4. The van der Waals surface area contributed by atoms with Gasteiger partial charge in [-0.05, 0) is 22.8 Å². The molecule has 0 radical (unpaired) electrons. The Labute approximate surface area is 101 Å². The van der Waals surface area contributed by atoms with Crippen molar-refractivity contribution in [1.29, 1.82) is 0 Å². The molecule has 2 nitrogen and oxygen atoms in total. The zero-order valence-electron chi connectivity index (χ0n) is 9.32. The van der Waals surface area contributed by atoms with Gasteiger partial charge >= 0.3 is 0 Å². The molecule has 0 fully saturated rings. The zero-order chi connectivity index (χ0) is 11.9. The van der Waals surface area contributed by atoms with Gasteiger partial charge in [0.25, 0.3) is 0 Å². The van der Waals surface area contributed by atoms with Crippen molar-refractivity contribution in [1.82, 2.24) is 0 Å². The summed E-state index contributed by atoms with van der Waals surface area (Å²) in [6.07, 6.45) is 3.18. The second-order valence-corrected chi connectivity index (χ2v) is 3.58. The van der Waals surface area contributed by atoms with Gasteiger partial charge in [-0.3, -0.25) is 0 Å². The van der Waals surface area contributed by atoms with Crippen molar-refractivity contribution in [2.24, 2.45) is 5.16 Å². The lowest BCUT2D eigenvalue weighted by Gasteiger charge is -2.06. The van der Waals surface area contributed by atoms with Crippen LogP contribution in [0.15, 0.2) is 71.9 Å². The Morgan fingerprint density at radius 2 is 1.29 bits per heavy atom. The van der Waals surface area contributed by atoms with E-state index in [1.165, 1.54) is 6.21 Å². The summed E-state index contributed by atoms with van der Waals surface area (Å²) in [7, 11) is 0. The summed E-state index contributed by atoms with van der Waals surface area (Å²) in [6.45, 7) is 0. The Morgan fingerprint density at radius 3 is 1.71 bits per heavy atom. The van der Waals surface area contributed by atoms with Crippen LogP contribution in [0.3, 0.4) is 0 Å². The van der Waals surface area contributed by atoms with Crippen LogP contribution in [0.5, 0.6) is 0 Å². The van der Waals surface area contributed by atoms with Crippen LogP contribution in [-0.4, -0.2) is 11.4 Å². The van der Waals surface area contributed by atoms with Crippen molar-refractivity contribution in [2.75, 3.05) is 0 Å². The highest BCUT2D eigenvalue weighted by Crippen LogP contribution is 2.22. The molecule has 0 aromatic heterocycles. The molecular weight excluding hydrogens is 210 g/mol. The van der Waals surface area contributed by atoms with Crippen LogP contribution in [0, 0.1) is 0 Å². The maximum Gasteiger partial charge on any atom is 0.0667 e. The summed E-state index contributed by atoms with van der Waals surface area (Å²) in [5.74, 6) is 0. The molecule has 0 spiro atoms. The number of benzene rings is 2. The van der Waals surface area contributed by atoms with Gasteiger partial charge in [0.2, 0.25) is 0 Å². The minimum absolute atomic E-state index is 1.03. The molecule has 1 N–H and O–H groups in total. The fourth-order valence-electron chi connectivity index (χ4n) is 1.70. The quantitative estimate of drug-likeness (QED) is 0.481. The third-order valence-electron chi connectivity index (χ3n) is 2.48. The number of oxime groups is 1. The van der Waals surface area contributed by atoms with E-state index in [0.717, 1.165) is 16.7 Å². The summed E-state index contributed by atoms with van der Waals surface area (Å²) in [4.78, 5) is 0. The fourth-order valence-corrected chi connectivity index (χ4v) is 1.70. The minimum atomic E-state index is 1.03. The van der Waals surface area contributed by atoms with E-state index in [9.17, 15) is 0 Å². The van der Waals surface area contributed by atoms with Crippen molar-refractivity contribution in [2.45, 2.75) is 0 Å². The van der Waals surface area contributed by atoms with Crippen molar-refractivity contribution in [3.8, 4) is 0 Å². The van der Waals surface area contributed by atoms with E-state index in [1.54, 1.807) is 6.08 Å². The van der Waals surface area contributed by atoms with Crippen molar-refractivity contribution < 1.29 is 5.21 Å². The van der Waals surface area contributed by atoms with Gasteiger partial charge in [0.15, 0.2) is 0 Å². The van der Waals surface area contributed by atoms with E-state index in [-0.39, 0.29) is 0 Å². The molecule has 0 heterocycles. The van der Waals surface area contributed by atoms with Gasteiger partial charge < -0.3 is 5.21 Å². The molecule has 0 unspecified atom stereocenters. The monoisotopic (exact) mass is 223 g/mol. The lowest BCUT2D eigenvalue weighted by atomic mass is 9.98. The average Bonchev–Trinajstić information content (AvgIpc) is 2.42. The van der Waals surface area contributed by atoms with Crippen LogP contribution in [-0.2, 0) is 0 Å². The van der Waals surface area contributed by atoms with Crippen LogP contribution in [0.4, 0.5) is 0 Å². The van der Waals surface area contributed by atoms with Crippen LogP contribution in [0.1, 0.15) is 11.1 Å². The van der Waals surface area contributed by atoms with Crippen LogP contribution >= 0.6 is 0 Å². The molecule has 0 aliphatic rings. The van der Waals surface area contributed by atoms with Crippen molar-refractivity contribution >= 4 is 11.8 Å². The Morgan fingerprint density at radius 1 is 0.824 bits per heavy atom. The molecule has 84 valence electrons. The normalized spacial score (nSPS) is 10.4. The van der Waals surface area contributed by atoms with E-state index in [2.05, 4.69) is 5.16 Å². The fraction of sp³-hybridized carbons (Fsp3) is 0. The average molecular weight is 223 g/mol.